The quantitative estimate of drug-likeness (QED) is 0.721. The molecule has 0 N–H and O–H groups in total. The van der Waals surface area contributed by atoms with Gasteiger partial charge in [0.2, 0.25) is 0 Å². The van der Waals surface area contributed by atoms with Crippen LogP contribution in [0.1, 0.15) is 5.69 Å². The molecule has 0 saturated heterocycles. The van der Waals surface area contributed by atoms with Gasteiger partial charge in [0.15, 0.2) is 0 Å². The second kappa shape index (κ2) is 3.75. The van der Waals surface area contributed by atoms with Crippen LogP contribution in [-0.4, -0.2) is 16.1 Å². The van der Waals surface area contributed by atoms with E-state index < -0.39 is 0 Å². The predicted molar refractivity (Wildman–Crippen MR) is 56.3 cm³/mol. The van der Waals surface area contributed by atoms with Gasteiger partial charge in [-0.05, 0) is 24.4 Å². The Balaban J connectivity index is 2.37. The predicted octanol–water partition coefficient (Wildman–Crippen LogP) is 2.12. The van der Waals surface area contributed by atoms with Gasteiger partial charge in [0.25, 0.3) is 0 Å². The lowest BCUT2D eigenvalue weighted by molar-refractivity contribution is -0.108. The fraction of sp³-hybridized carbons (Fsp3) is 0.200. The summed E-state index contributed by atoms with van der Waals surface area (Å²) in [6.07, 6.45) is 0.859. The molecule has 0 saturated carbocycles. The van der Waals surface area contributed by atoms with Gasteiger partial charge in [-0.25, -0.2) is 0 Å². The molecule has 4 heteroatoms. The Morgan fingerprint density at radius 2 is 2.50 bits per heavy atom. The lowest BCUT2D eigenvalue weighted by Gasteiger charge is -1.95. The van der Waals surface area contributed by atoms with E-state index in [1.807, 2.05) is 29.8 Å². The van der Waals surface area contributed by atoms with Gasteiger partial charge in [-0.2, -0.15) is 16.4 Å². The maximum atomic E-state index is 10.4. The molecule has 0 bridgehead atoms. The fourth-order valence-electron chi connectivity index (χ4n) is 1.32. The first-order valence-electron chi connectivity index (χ1n) is 4.32. The van der Waals surface area contributed by atoms with Gasteiger partial charge < -0.3 is 4.79 Å². The molecule has 3 nitrogen and oxygen atoms in total. The number of aldehydes is 1. The SMILES string of the molecule is Cc1cc(-c2ccsc2)nn1CC=O. The molecule has 0 aliphatic rings. The van der Waals surface area contributed by atoms with E-state index in [2.05, 4.69) is 5.10 Å². The lowest BCUT2D eigenvalue weighted by Crippen LogP contribution is -2.02. The highest BCUT2D eigenvalue weighted by molar-refractivity contribution is 7.08. The summed E-state index contributed by atoms with van der Waals surface area (Å²) in [5, 5.41) is 8.40. The van der Waals surface area contributed by atoms with Gasteiger partial charge in [0, 0.05) is 16.6 Å². The third-order valence-electron chi connectivity index (χ3n) is 2.05. The number of aryl methyl sites for hydroxylation is 1. The maximum absolute atomic E-state index is 10.4. The summed E-state index contributed by atoms with van der Waals surface area (Å²) in [4.78, 5) is 10.4. The van der Waals surface area contributed by atoms with Crippen molar-refractivity contribution in [1.29, 1.82) is 0 Å². The number of carbonyl (C=O) groups is 1. The standard InChI is InChI=1S/C10H10N2OS/c1-8-6-10(9-2-5-14-7-9)11-12(8)3-4-13/h2,4-7H,3H2,1H3. The van der Waals surface area contributed by atoms with E-state index in [-0.39, 0.29) is 0 Å². The van der Waals surface area contributed by atoms with Crippen molar-refractivity contribution in [3.05, 3.63) is 28.6 Å². The number of aromatic nitrogens is 2. The van der Waals surface area contributed by atoms with Gasteiger partial charge in [-0.3, -0.25) is 4.68 Å². The van der Waals surface area contributed by atoms with E-state index in [0.717, 1.165) is 23.2 Å². The maximum Gasteiger partial charge on any atom is 0.141 e. The molecule has 0 amide bonds. The summed E-state index contributed by atoms with van der Waals surface area (Å²) in [6.45, 7) is 2.28. The van der Waals surface area contributed by atoms with Crippen LogP contribution in [0.5, 0.6) is 0 Å². The van der Waals surface area contributed by atoms with Crippen molar-refractivity contribution in [2.45, 2.75) is 13.5 Å². The molecule has 72 valence electrons. The van der Waals surface area contributed by atoms with Gasteiger partial charge in [0.05, 0.1) is 12.2 Å². The number of carbonyl (C=O) groups excluding carboxylic acids is 1. The molecule has 2 aromatic heterocycles. The zero-order valence-corrected chi connectivity index (χ0v) is 8.62. The van der Waals surface area contributed by atoms with Crippen molar-refractivity contribution in [2.24, 2.45) is 0 Å². The average Bonchev–Trinajstić information content (AvgIpc) is 2.76. The molecule has 0 unspecified atom stereocenters. The van der Waals surface area contributed by atoms with Gasteiger partial charge in [0.1, 0.15) is 6.29 Å². The molecule has 0 fully saturated rings. The number of nitrogens with zero attached hydrogens (tertiary/aromatic N) is 2. The van der Waals surface area contributed by atoms with E-state index in [1.165, 1.54) is 0 Å². The fourth-order valence-corrected chi connectivity index (χ4v) is 1.97. The topological polar surface area (TPSA) is 34.9 Å². The van der Waals surface area contributed by atoms with Gasteiger partial charge in [-0.1, -0.05) is 0 Å². The third kappa shape index (κ3) is 1.61. The van der Waals surface area contributed by atoms with Crippen molar-refractivity contribution >= 4 is 17.6 Å². The molecular weight excluding hydrogens is 196 g/mol. The highest BCUT2D eigenvalue weighted by Crippen LogP contribution is 2.21. The normalized spacial score (nSPS) is 10.4. The van der Waals surface area contributed by atoms with E-state index in [0.29, 0.717) is 6.54 Å². The molecule has 2 heterocycles. The van der Waals surface area contributed by atoms with E-state index >= 15 is 0 Å². The largest absolute Gasteiger partial charge is 0.301 e. The smallest absolute Gasteiger partial charge is 0.141 e. The minimum absolute atomic E-state index is 0.329. The molecular formula is C10H10N2OS. The number of hydrogen-bond donors (Lipinski definition) is 0. The summed E-state index contributed by atoms with van der Waals surface area (Å²) in [7, 11) is 0. The van der Waals surface area contributed by atoms with Crippen molar-refractivity contribution in [1.82, 2.24) is 9.78 Å². The zero-order chi connectivity index (χ0) is 9.97. The Bertz CT molecular complexity index is 431. The molecule has 0 aliphatic carbocycles. The van der Waals surface area contributed by atoms with Crippen molar-refractivity contribution in [3.8, 4) is 11.3 Å². The zero-order valence-electron chi connectivity index (χ0n) is 7.80. The van der Waals surface area contributed by atoms with Crippen LogP contribution >= 0.6 is 11.3 Å². The Morgan fingerprint density at radius 3 is 3.14 bits per heavy atom. The Labute approximate surface area is 86.0 Å². The lowest BCUT2D eigenvalue weighted by atomic mass is 10.2. The molecule has 0 spiro atoms. The second-order valence-electron chi connectivity index (χ2n) is 3.03. The van der Waals surface area contributed by atoms with Crippen molar-refractivity contribution in [2.75, 3.05) is 0 Å². The molecule has 2 rings (SSSR count). The number of rotatable bonds is 3. The van der Waals surface area contributed by atoms with E-state index in [4.69, 9.17) is 0 Å². The van der Waals surface area contributed by atoms with Crippen LogP contribution in [-0.2, 0) is 11.3 Å². The first-order chi connectivity index (χ1) is 6.81. The van der Waals surface area contributed by atoms with Crippen LogP contribution in [0.15, 0.2) is 22.9 Å². The van der Waals surface area contributed by atoms with Crippen LogP contribution < -0.4 is 0 Å². The highest BCUT2D eigenvalue weighted by Gasteiger charge is 2.05. The van der Waals surface area contributed by atoms with Crippen molar-refractivity contribution in [3.63, 3.8) is 0 Å². The molecule has 0 aliphatic heterocycles. The van der Waals surface area contributed by atoms with Crippen LogP contribution in [0, 0.1) is 6.92 Å². The summed E-state index contributed by atoms with van der Waals surface area (Å²) >= 11 is 1.64. The van der Waals surface area contributed by atoms with Crippen LogP contribution in [0.3, 0.4) is 0 Å². The Morgan fingerprint density at radius 1 is 1.64 bits per heavy atom. The summed E-state index contributed by atoms with van der Waals surface area (Å²) in [5.74, 6) is 0. The molecule has 0 atom stereocenters. The molecule has 0 aromatic carbocycles. The summed E-state index contributed by atoms with van der Waals surface area (Å²) < 4.78 is 1.71. The Kier molecular flexibility index (Phi) is 2.45. The monoisotopic (exact) mass is 206 g/mol. The first kappa shape index (κ1) is 9.15. The first-order valence-corrected chi connectivity index (χ1v) is 5.26. The van der Waals surface area contributed by atoms with Crippen LogP contribution in [0.25, 0.3) is 11.3 Å². The van der Waals surface area contributed by atoms with Crippen molar-refractivity contribution < 1.29 is 4.79 Å². The molecule has 14 heavy (non-hydrogen) atoms. The second-order valence-corrected chi connectivity index (χ2v) is 3.81. The number of hydrogen-bond acceptors (Lipinski definition) is 3. The van der Waals surface area contributed by atoms with Gasteiger partial charge >= 0.3 is 0 Å². The minimum atomic E-state index is 0.329. The summed E-state index contributed by atoms with van der Waals surface area (Å²) in [6, 6.07) is 4.02. The van der Waals surface area contributed by atoms with E-state index in [9.17, 15) is 4.79 Å². The molecule has 0 radical (unpaired) electrons. The van der Waals surface area contributed by atoms with E-state index in [1.54, 1.807) is 16.0 Å². The van der Waals surface area contributed by atoms with Crippen LogP contribution in [0.2, 0.25) is 0 Å². The van der Waals surface area contributed by atoms with Crippen LogP contribution in [0.4, 0.5) is 0 Å². The highest BCUT2D eigenvalue weighted by atomic mass is 32.1. The Hall–Kier alpha value is -1.42. The minimum Gasteiger partial charge on any atom is -0.301 e. The number of thiophene rings is 1. The average molecular weight is 206 g/mol. The third-order valence-corrected chi connectivity index (χ3v) is 2.73. The molecule has 2 aromatic rings. The van der Waals surface area contributed by atoms with Gasteiger partial charge in [-0.15, -0.1) is 0 Å². The summed E-state index contributed by atoms with van der Waals surface area (Å²) in [5.41, 5.74) is 3.06.